The van der Waals surface area contributed by atoms with E-state index in [0.717, 1.165) is 12.2 Å². The lowest BCUT2D eigenvalue weighted by Gasteiger charge is -2.24. The fourth-order valence-electron chi connectivity index (χ4n) is 1.94. The maximum atomic E-state index is 5.30. The molecule has 0 fully saturated rings. The summed E-state index contributed by atoms with van der Waals surface area (Å²) in [5.74, 6) is 1.04. The molecule has 0 aliphatic carbocycles. The summed E-state index contributed by atoms with van der Waals surface area (Å²) in [4.78, 5) is 0. The summed E-state index contributed by atoms with van der Waals surface area (Å²) < 4.78 is 5.30. The molecule has 1 heterocycles. The minimum absolute atomic E-state index is 0.185. The van der Waals surface area contributed by atoms with Crippen molar-refractivity contribution in [2.45, 2.75) is 64.7 Å². The lowest BCUT2D eigenvalue weighted by molar-refractivity contribution is 0.276. The Bertz CT molecular complexity index is 256. The third-order valence-corrected chi connectivity index (χ3v) is 3.40. The molecule has 15 heavy (non-hydrogen) atoms. The SMILES string of the molecule is CCCCCCC(C)(CC)c1ccno1. The molecule has 0 amide bonds. The van der Waals surface area contributed by atoms with Gasteiger partial charge in [-0.3, -0.25) is 0 Å². The standard InChI is InChI=1S/C13H23NO/c1-4-6-7-8-10-13(3,5-2)12-9-11-14-15-12/h9,11H,4-8,10H2,1-3H3. The minimum atomic E-state index is 0.185. The second-order valence-corrected chi connectivity index (χ2v) is 4.60. The molecule has 0 spiro atoms. The van der Waals surface area contributed by atoms with Crippen LogP contribution < -0.4 is 0 Å². The van der Waals surface area contributed by atoms with Crippen molar-refractivity contribution in [3.05, 3.63) is 18.0 Å². The third kappa shape index (κ3) is 3.37. The van der Waals surface area contributed by atoms with Crippen molar-refractivity contribution < 1.29 is 4.52 Å². The Balaban J connectivity index is 2.46. The van der Waals surface area contributed by atoms with Crippen molar-refractivity contribution in [1.29, 1.82) is 0 Å². The van der Waals surface area contributed by atoms with Gasteiger partial charge in [-0.15, -0.1) is 0 Å². The molecular formula is C13H23NO. The van der Waals surface area contributed by atoms with Gasteiger partial charge in [-0.25, -0.2) is 0 Å². The van der Waals surface area contributed by atoms with Crippen LogP contribution in [-0.4, -0.2) is 5.16 Å². The second kappa shape index (κ2) is 5.94. The Hall–Kier alpha value is -0.790. The molecule has 1 aromatic heterocycles. The molecule has 0 aromatic carbocycles. The van der Waals surface area contributed by atoms with E-state index in [0.29, 0.717) is 0 Å². The Morgan fingerprint density at radius 1 is 1.27 bits per heavy atom. The molecule has 2 nitrogen and oxygen atoms in total. The quantitative estimate of drug-likeness (QED) is 0.625. The van der Waals surface area contributed by atoms with Crippen LogP contribution in [0.4, 0.5) is 0 Å². The highest BCUT2D eigenvalue weighted by molar-refractivity contribution is 5.09. The van der Waals surface area contributed by atoms with Crippen molar-refractivity contribution in [3.8, 4) is 0 Å². The summed E-state index contributed by atoms with van der Waals surface area (Å²) in [5, 5.41) is 3.81. The number of rotatable bonds is 7. The lowest BCUT2D eigenvalue weighted by Crippen LogP contribution is -2.19. The maximum Gasteiger partial charge on any atom is 0.142 e. The highest BCUT2D eigenvalue weighted by Gasteiger charge is 2.27. The Morgan fingerprint density at radius 2 is 2.07 bits per heavy atom. The molecule has 0 saturated heterocycles. The normalized spacial score (nSPS) is 15.1. The summed E-state index contributed by atoms with van der Waals surface area (Å²) in [5.41, 5.74) is 0.185. The van der Waals surface area contributed by atoms with Gasteiger partial charge in [-0.1, -0.05) is 51.6 Å². The third-order valence-electron chi connectivity index (χ3n) is 3.40. The van der Waals surface area contributed by atoms with Gasteiger partial charge in [0.05, 0.1) is 6.20 Å². The summed E-state index contributed by atoms with van der Waals surface area (Å²) in [7, 11) is 0. The van der Waals surface area contributed by atoms with E-state index in [1.807, 2.05) is 6.07 Å². The predicted octanol–water partition coefficient (Wildman–Crippen LogP) is 4.31. The van der Waals surface area contributed by atoms with Crippen molar-refractivity contribution in [2.75, 3.05) is 0 Å². The van der Waals surface area contributed by atoms with E-state index < -0.39 is 0 Å². The monoisotopic (exact) mass is 209 g/mol. The number of aromatic nitrogens is 1. The van der Waals surface area contributed by atoms with E-state index in [2.05, 4.69) is 25.9 Å². The molecule has 86 valence electrons. The molecule has 0 aliphatic rings. The minimum Gasteiger partial charge on any atom is -0.361 e. The zero-order valence-corrected chi connectivity index (χ0v) is 10.3. The topological polar surface area (TPSA) is 26.0 Å². The molecule has 1 unspecified atom stereocenters. The van der Waals surface area contributed by atoms with E-state index in [-0.39, 0.29) is 5.41 Å². The Kier molecular flexibility index (Phi) is 4.86. The van der Waals surface area contributed by atoms with Crippen LogP contribution in [-0.2, 0) is 5.41 Å². The van der Waals surface area contributed by atoms with Crippen molar-refractivity contribution >= 4 is 0 Å². The molecule has 0 radical (unpaired) electrons. The van der Waals surface area contributed by atoms with Gasteiger partial charge < -0.3 is 4.52 Å². The molecule has 2 heteroatoms. The van der Waals surface area contributed by atoms with Crippen LogP contribution in [0.25, 0.3) is 0 Å². The Labute approximate surface area is 93.0 Å². The van der Waals surface area contributed by atoms with Gasteiger partial charge in [-0.2, -0.15) is 0 Å². The fraction of sp³-hybridized carbons (Fsp3) is 0.769. The van der Waals surface area contributed by atoms with Crippen molar-refractivity contribution in [2.24, 2.45) is 0 Å². The fourth-order valence-corrected chi connectivity index (χ4v) is 1.94. The van der Waals surface area contributed by atoms with Crippen LogP contribution in [0.1, 0.15) is 65.1 Å². The summed E-state index contributed by atoms with van der Waals surface area (Å²) in [6.07, 6.45) is 9.34. The van der Waals surface area contributed by atoms with E-state index in [1.165, 1.54) is 32.1 Å². The molecular weight excluding hydrogens is 186 g/mol. The van der Waals surface area contributed by atoms with E-state index in [4.69, 9.17) is 4.52 Å². The van der Waals surface area contributed by atoms with Gasteiger partial charge in [0.2, 0.25) is 0 Å². The summed E-state index contributed by atoms with van der Waals surface area (Å²) in [6.45, 7) is 6.75. The average molecular weight is 209 g/mol. The first-order valence-electron chi connectivity index (χ1n) is 6.14. The van der Waals surface area contributed by atoms with Crippen molar-refractivity contribution in [1.82, 2.24) is 5.16 Å². The lowest BCUT2D eigenvalue weighted by atomic mass is 9.80. The predicted molar refractivity (Wildman–Crippen MR) is 62.9 cm³/mol. The van der Waals surface area contributed by atoms with E-state index >= 15 is 0 Å². The zero-order valence-electron chi connectivity index (χ0n) is 10.3. The van der Waals surface area contributed by atoms with Crippen LogP contribution in [0.3, 0.4) is 0 Å². The van der Waals surface area contributed by atoms with Gasteiger partial charge in [0.15, 0.2) is 0 Å². The van der Waals surface area contributed by atoms with Crippen molar-refractivity contribution in [3.63, 3.8) is 0 Å². The smallest absolute Gasteiger partial charge is 0.142 e. The number of hydrogen-bond donors (Lipinski definition) is 0. The van der Waals surface area contributed by atoms with Gasteiger partial charge in [0.25, 0.3) is 0 Å². The highest BCUT2D eigenvalue weighted by Crippen LogP contribution is 2.32. The maximum absolute atomic E-state index is 5.30. The molecule has 1 rings (SSSR count). The number of nitrogens with zero attached hydrogens (tertiary/aromatic N) is 1. The second-order valence-electron chi connectivity index (χ2n) is 4.60. The molecule has 1 aromatic rings. The molecule has 1 atom stereocenters. The molecule has 0 N–H and O–H groups in total. The van der Waals surface area contributed by atoms with Crippen LogP contribution in [0.2, 0.25) is 0 Å². The highest BCUT2D eigenvalue weighted by atomic mass is 16.5. The first kappa shape index (κ1) is 12.3. The van der Waals surface area contributed by atoms with E-state index in [1.54, 1.807) is 6.20 Å². The van der Waals surface area contributed by atoms with E-state index in [9.17, 15) is 0 Å². The van der Waals surface area contributed by atoms with Crippen LogP contribution >= 0.6 is 0 Å². The largest absolute Gasteiger partial charge is 0.361 e. The Morgan fingerprint density at radius 3 is 2.60 bits per heavy atom. The van der Waals surface area contributed by atoms with Gasteiger partial charge in [0.1, 0.15) is 5.76 Å². The summed E-state index contributed by atoms with van der Waals surface area (Å²) >= 11 is 0. The molecule has 0 aliphatic heterocycles. The zero-order chi connectivity index (χ0) is 11.1. The van der Waals surface area contributed by atoms with Gasteiger partial charge in [-0.05, 0) is 12.8 Å². The molecule has 0 saturated carbocycles. The van der Waals surface area contributed by atoms with Crippen LogP contribution in [0, 0.1) is 0 Å². The molecule has 0 bridgehead atoms. The summed E-state index contributed by atoms with van der Waals surface area (Å²) in [6, 6.07) is 2.00. The van der Waals surface area contributed by atoms with Gasteiger partial charge >= 0.3 is 0 Å². The van der Waals surface area contributed by atoms with Gasteiger partial charge in [0, 0.05) is 11.5 Å². The average Bonchev–Trinajstić information content (AvgIpc) is 2.78. The number of unbranched alkanes of at least 4 members (excludes halogenated alkanes) is 3. The first-order chi connectivity index (χ1) is 7.23. The van der Waals surface area contributed by atoms with Crippen LogP contribution in [0.15, 0.2) is 16.8 Å². The number of hydrogen-bond acceptors (Lipinski definition) is 2. The van der Waals surface area contributed by atoms with Crippen LogP contribution in [0.5, 0.6) is 0 Å². The first-order valence-corrected chi connectivity index (χ1v) is 6.14.